The zero-order valence-electron chi connectivity index (χ0n) is 12.2. The van der Waals surface area contributed by atoms with Crippen LogP contribution in [0.1, 0.15) is 24.4 Å². The maximum absolute atomic E-state index is 9.77. The average molecular weight is 312 g/mol. The van der Waals surface area contributed by atoms with Gasteiger partial charge in [-0.1, -0.05) is 6.07 Å². The summed E-state index contributed by atoms with van der Waals surface area (Å²) in [6.07, 6.45) is 1.87. The molecule has 0 bridgehead atoms. The molecule has 0 aromatic carbocycles. The van der Waals surface area contributed by atoms with Crippen LogP contribution in [-0.2, 0) is 9.59 Å². The summed E-state index contributed by atoms with van der Waals surface area (Å²) in [6.45, 7) is 1.22. The Bertz CT molecular complexity index is 477. The Hall–Kier alpha value is -2.03. The summed E-state index contributed by atoms with van der Waals surface area (Å²) in [5.41, 5.74) is 1.36. The van der Waals surface area contributed by atoms with Crippen LogP contribution in [-0.4, -0.2) is 68.0 Å². The van der Waals surface area contributed by atoms with Gasteiger partial charge in [0.1, 0.15) is 0 Å². The maximum atomic E-state index is 9.77. The zero-order valence-corrected chi connectivity index (χ0v) is 12.2. The third kappa shape index (κ3) is 5.06. The summed E-state index contributed by atoms with van der Waals surface area (Å²) < 4.78 is 0. The number of pyridine rings is 1. The fraction of sp³-hybridized carbons (Fsp3) is 0.500. The lowest BCUT2D eigenvalue weighted by atomic mass is 10.1. The molecule has 122 valence electrons. The van der Waals surface area contributed by atoms with E-state index in [0.29, 0.717) is 6.04 Å². The molecule has 3 atom stereocenters. The Labute approximate surface area is 127 Å². The number of nitrogens with zero attached hydrogens (tertiary/aromatic N) is 2. The third-order valence-electron chi connectivity index (χ3n) is 3.39. The third-order valence-corrected chi connectivity index (χ3v) is 3.39. The van der Waals surface area contributed by atoms with Gasteiger partial charge in [-0.15, -0.1) is 0 Å². The minimum absolute atomic E-state index is 0.610. The number of likely N-dealkylation sites (tertiary alicyclic amines) is 1. The number of hydrogen-bond donors (Lipinski definition) is 4. The Balaban J connectivity index is 0.000000225. The van der Waals surface area contributed by atoms with Crippen LogP contribution in [0.5, 0.6) is 0 Å². The predicted octanol–water partition coefficient (Wildman–Crippen LogP) is -0.274. The fourth-order valence-electron chi connectivity index (χ4n) is 2.17. The van der Waals surface area contributed by atoms with Crippen LogP contribution in [0, 0.1) is 0 Å². The van der Waals surface area contributed by atoms with Gasteiger partial charge in [-0.3, -0.25) is 9.88 Å². The lowest BCUT2D eigenvalue weighted by molar-refractivity contribution is -0.165. The summed E-state index contributed by atoms with van der Waals surface area (Å²) in [7, 11) is 2.19. The van der Waals surface area contributed by atoms with Crippen molar-refractivity contribution in [2.75, 3.05) is 13.6 Å². The molecule has 1 unspecified atom stereocenters. The van der Waals surface area contributed by atoms with Crippen molar-refractivity contribution in [1.82, 2.24) is 9.88 Å². The van der Waals surface area contributed by atoms with E-state index in [-0.39, 0.29) is 0 Å². The summed E-state index contributed by atoms with van der Waals surface area (Å²) in [5.74, 6) is -3.54. The van der Waals surface area contributed by atoms with Crippen molar-refractivity contribution >= 4 is 11.9 Å². The van der Waals surface area contributed by atoms with Crippen LogP contribution in [0.15, 0.2) is 24.5 Å². The van der Waals surface area contributed by atoms with Gasteiger partial charge in [0.25, 0.3) is 0 Å². The molecule has 4 N–H and O–H groups in total. The highest BCUT2D eigenvalue weighted by atomic mass is 16.4. The Morgan fingerprint density at radius 2 is 1.86 bits per heavy atom. The van der Waals surface area contributed by atoms with Crippen LogP contribution >= 0.6 is 0 Å². The van der Waals surface area contributed by atoms with Crippen molar-refractivity contribution in [3.8, 4) is 0 Å². The molecule has 1 aliphatic rings. The van der Waals surface area contributed by atoms with Gasteiger partial charge in [-0.05, 0) is 38.1 Å². The van der Waals surface area contributed by atoms with E-state index in [0.717, 1.165) is 0 Å². The normalized spacial score (nSPS) is 20.6. The minimum Gasteiger partial charge on any atom is -0.479 e. The van der Waals surface area contributed by atoms with Gasteiger partial charge in [0.05, 0.1) is 0 Å². The van der Waals surface area contributed by atoms with E-state index in [4.69, 9.17) is 20.4 Å². The van der Waals surface area contributed by atoms with E-state index in [1.807, 2.05) is 18.5 Å². The highest BCUT2D eigenvalue weighted by molar-refractivity contribution is 5.83. The van der Waals surface area contributed by atoms with E-state index >= 15 is 0 Å². The quantitative estimate of drug-likeness (QED) is 0.597. The minimum atomic E-state index is -2.27. The molecule has 2 heterocycles. The highest BCUT2D eigenvalue weighted by Gasteiger charge is 2.29. The van der Waals surface area contributed by atoms with E-state index in [2.05, 4.69) is 23.0 Å². The first-order chi connectivity index (χ1) is 10.3. The number of carbonyl (C=O) groups is 2. The fourth-order valence-corrected chi connectivity index (χ4v) is 2.17. The molecule has 0 radical (unpaired) electrons. The van der Waals surface area contributed by atoms with E-state index in [1.165, 1.54) is 24.9 Å². The Kier molecular flexibility index (Phi) is 6.90. The molecular weight excluding hydrogens is 292 g/mol. The monoisotopic (exact) mass is 312 g/mol. The number of aliphatic carboxylic acids is 2. The van der Waals surface area contributed by atoms with Crippen molar-refractivity contribution < 1.29 is 30.0 Å². The van der Waals surface area contributed by atoms with Crippen molar-refractivity contribution in [2.45, 2.75) is 31.1 Å². The molecule has 0 saturated carbocycles. The second-order valence-corrected chi connectivity index (χ2v) is 4.99. The first-order valence-electron chi connectivity index (χ1n) is 6.76. The predicted molar refractivity (Wildman–Crippen MR) is 76.1 cm³/mol. The molecule has 2 rings (SSSR count). The number of aliphatic hydroxyl groups excluding tert-OH is 2. The molecule has 1 aliphatic heterocycles. The van der Waals surface area contributed by atoms with Crippen LogP contribution in [0.2, 0.25) is 0 Å². The van der Waals surface area contributed by atoms with Crippen molar-refractivity contribution in [2.24, 2.45) is 0 Å². The number of rotatable bonds is 4. The summed E-state index contributed by atoms with van der Waals surface area (Å²) >= 11 is 0. The number of carboxylic acids is 2. The van der Waals surface area contributed by atoms with Crippen LogP contribution in [0.3, 0.4) is 0 Å². The number of hydrogen-bond acceptors (Lipinski definition) is 6. The standard InChI is InChI=1S/C10H14N2.C4H6O6/c1-12-7-3-5-10(12)9-4-2-6-11-8-9;5-1(3(7)8)2(6)4(9)10/h2,4,6,8,10H,3,5,7H2,1H3;1-2,5-6H,(H,7,8)(H,9,10)/t;1-,2-/m.1/s1. The smallest absolute Gasteiger partial charge is 0.335 e. The molecule has 1 fully saturated rings. The van der Waals surface area contributed by atoms with Crippen molar-refractivity contribution in [3.63, 3.8) is 0 Å². The van der Waals surface area contributed by atoms with Gasteiger partial charge in [0.15, 0.2) is 12.2 Å². The first kappa shape index (κ1) is 18.0. The van der Waals surface area contributed by atoms with E-state index in [1.54, 1.807) is 0 Å². The lowest BCUT2D eigenvalue weighted by Crippen LogP contribution is -2.39. The number of aliphatic hydroxyl groups is 2. The summed E-state index contributed by atoms with van der Waals surface area (Å²) in [6, 6.07) is 4.79. The van der Waals surface area contributed by atoms with Gasteiger partial charge < -0.3 is 20.4 Å². The summed E-state index contributed by atoms with van der Waals surface area (Å²) in [5, 5.41) is 32.5. The molecule has 0 aliphatic carbocycles. The molecule has 1 saturated heterocycles. The van der Waals surface area contributed by atoms with Crippen LogP contribution in [0.4, 0.5) is 0 Å². The van der Waals surface area contributed by atoms with Gasteiger partial charge in [0.2, 0.25) is 0 Å². The lowest BCUT2D eigenvalue weighted by Gasteiger charge is -2.18. The van der Waals surface area contributed by atoms with Gasteiger partial charge in [0, 0.05) is 18.4 Å². The van der Waals surface area contributed by atoms with Crippen molar-refractivity contribution in [3.05, 3.63) is 30.1 Å². The SMILES string of the molecule is CN1CCCC1c1cccnc1.O=C(O)[C@H](O)[C@@H](O)C(=O)O. The largest absolute Gasteiger partial charge is 0.479 e. The topological polar surface area (TPSA) is 131 Å². The molecule has 0 amide bonds. The molecule has 1 aromatic rings. The Morgan fingerprint density at radius 1 is 1.27 bits per heavy atom. The van der Waals surface area contributed by atoms with Crippen LogP contribution < -0.4 is 0 Å². The van der Waals surface area contributed by atoms with E-state index < -0.39 is 24.1 Å². The second-order valence-electron chi connectivity index (χ2n) is 4.99. The van der Waals surface area contributed by atoms with Crippen LogP contribution in [0.25, 0.3) is 0 Å². The average Bonchev–Trinajstić information content (AvgIpc) is 2.93. The Morgan fingerprint density at radius 3 is 2.23 bits per heavy atom. The molecule has 1 aromatic heterocycles. The molecule has 0 spiro atoms. The number of carboxylic acid groups (broad SMARTS) is 2. The highest BCUT2D eigenvalue weighted by Crippen LogP contribution is 2.29. The molecule has 22 heavy (non-hydrogen) atoms. The van der Waals surface area contributed by atoms with E-state index in [9.17, 15) is 9.59 Å². The summed E-state index contributed by atoms with van der Waals surface area (Å²) in [4.78, 5) is 26.1. The second kappa shape index (κ2) is 8.42. The van der Waals surface area contributed by atoms with Gasteiger partial charge >= 0.3 is 11.9 Å². The van der Waals surface area contributed by atoms with Gasteiger partial charge in [-0.2, -0.15) is 0 Å². The van der Waals surface area contributed by atoms with Crippen molar-refractivity contribution in [1.29, 1.82) is 0 Å². The molecule has 8 heteroatoms. The number of aromatic nitrogens is 1. The maximum Gasteiger partial charge on any atom is 0.335 e. The zero-order chi connectivity index (χ0) is 16.7. The van der Waals surface area contributed by atoms with Gasteiger partial charge in [-0.25, -0.2) is 9.59 Å². The first-order valence-corrected chi connectivity index (χ1v) is 6.76. The molecule has 8 nitrogen and oxygen atoms in total. The molecular formula is C14H20N2O6.